The van der Waals surface area contributed by atoms with Crippen molar-refractivity contribution in [1.82, 2.24) is 19.4 Å². The second-order valence-electron chi connectivity index (χ2n) is 7.03. The van der Waals surface area contributed by atoms with Gasteiger partial charge in [-0.1, -0.05) is 0 Å². The summed E-state index contributed by atoms with van der Waals surface area (Å²) >= 11 is 0. The Balaban J connectivity index is 1.62. The topological polar surface area (TPSA) is 83.4 Å². The third kappa shape index (κ3) is 3.74. The number of H-pyrrole nitrogens is 1. The molecular formula is C20H24N4O3. The van der Waals surface area contributed by atoms with Gasteiger partial charge >= 0.3 is 0 Å². The number of ether oxygens (including phenoxy) is 1. The maximum absolute atomic E-state index is 12.6. The summed E-state index contributed by atoms with van der Waals surface area (Å²) in [4.78, 5) is 22.1. The van der Waals surface area contributed by atoms with Gasteiger partial charge in [0.25, 0.3) is 5.56 Å². The lowest BCUT2D eigenvalue weighted by Crippen LogP contribution is -2.32. The number of nitrogens with one attached hydrogen (secondary N) is 1. The van der Waals surface area contributed by atoms with Crippen molar-refractivity contribution in [3.05, 3.63) is 47.0 Å². The zero-order chi connectivity index (χ0) is 18.8. The van der Waals surface area contributed by atoms with Crippen molar-refractivity contribution in [2.75, 3.05) is 26.7 Å². The summed E-state index contributed by atoms with van der Waals surface area (Å²) in [5, 5.41) is 11.3. The molecule has 1 atom stereocenters. The van der Waals surface area contributed by atoms with Crippen LogP contribution in [0.3, 0.4) is 0 Å². The van der Waals surface area contributed by atoms with E-state index in [1.54, 1.807) is 19.5 Å². The number of β-amino-alcohol motifs (C(OH)–C–C–N with tert-alkyl or cyclic N) is 1. The van der Waals surface area contributed by atoms with Gasteiger partial charge in [-0.3, -0.25) is 4.79 Å². The van der Waals surface area contributed by atoms with E-state index < -0.39 is 6.10 Å². The number of pyridine rings is 1. The molecule has 4 rings (SSSR count). The van der Waals surface area contributed by atoms with Gasteiger partial charge in [0.2, 0.25) is 0 Å². The van der Waals surface area contributed by atoms with E-state index in [1.165, 1.54) is 12.8 Å². The molecule has 3 heterocycles. The first-order valence-corrected chi connectivity index (χ1v) is 9.27. The van der Waals surface area contributed by atoms with Crippen molar-refractivity contribution < 1.29 is 9.84 Å². The highest BCUT2D eigenvalue weighted by Crippen LogP contribution is 2.22. The van der Waals surface area contributed by atoms with Gasteiger partial charge in [-0.2, -0.15) is 0 Å². The second kappa shape index (κ2) is 7.54. The largest absolute Gasteiger partial charge is 0.497 e. The average molecular weight is 368 g/mol. The lowest BCUT2D eigenvalue weighted by Gasteiger charge is -2.20. The van der Waals surface area contributed by atoms with Crippen molar-refractivity contribution in [1.29, 1.82) is 0 Å². The molecule has 7 heteroatoms. The molecule has 1 unspecified atom stereocenters. The van der Waals surface area contributed by atoms with Gasteiger partial charge in [0, 0.05) is 29.8 Å². The Bertz CT molecular complexity index is 988. The van der Waals surface area contributed by atoms with Crippen molar-refractivity contribution in [3.8, 4) is 17.1 Å². The zero-order valence-corrected chi connectivity index (χ0v) is 15.4. The number of hydrogen-bond acceptors (Lipinski definition) is 5. The van der Waals surface area contributed by atoms with Crippen LogP contribution in [0, 0.1) is 0 Å². The quantitative estimate of drug-likeness (QED) is 0.694. The molecule has 2 N–H and O–H groups in total. The van der Waals surface area contributed by atoms with Crippen LogP contribution in [0.4, 0.5) is 0 Å². The number of methoxy groups -OCH3 is 1. The predicted molar refractivity (Wildman–Crippen MR) is 104 cm³/mol. The third-order valence-corrected chi connectivity index (χ3v) is 5.08. The summed E-state index contributed by atoms with van der Waals surface area (Å²) in [5.74, 6) is 1.28. The van der Waals surface area contributed by atoms with Crippen LogP contribution in [0.25, 0.3) is 22.3 Å². The number of fused-ring (bicyclic) bond motifs is 1. The monoisotopic (exact) mass is 368 g/mol. The molecule has 0 spiro atoms. The summed E-state index contributed by atoms with van der Waals surface area (Å²) in [7, 11) is 1.61. The van der Waals surface area contributed by atoms with Crippen molar-refractivity contribution in [2.24, 2.45) is 0 Å². The van der Waals surface area contributed by atoms with Crippen molar-refractivity contribution in [2.45, 2.75) is 25.5 Å². The fraction of sp³-hybridized carbons (Fsp3) is 0.400. The van der Waals surface area contributed by atoms with Crippen molar-refractivity contribution >= 4 is 10.9 Å². The number of aliphatic hydroxyl groups is 1. The molecule has 1 fully saturated rings. The smallest absolute Gasteiger partial charge is 0.259 e. The van der Waals surface area contributed by atoms with Crippen molar-refractivity contribution in [3.63, 3.8) is 0 Å². The summed E-state index contributed by atoms with van der Waals surface area (Å²) in [6.45, 7) is 3.13. The minimum absolute atomic E-state index is 0.200. The van der Waals surface area contributed by atoms with E-state index >= 15 is 0 Å². The Hall–Kier alpha value is -2.64. The molecule has 1 aliphatic heterocycles. The summed E-state index contributed by atoms with van der Waals surface area (Å²) in [6, 6.07) is 7.34. The van der Waals surface area contributed by atoms with Gasteiger partial charge in [0.05, 0.1) is 25.3 Å². The molecule has 1 aliphatic rings. The maximum atomic E-state index is 12.6. The lowest BCUT2D eigenvalue weighted by atomic mass is 10.1. The number of benzene rings is 1. The van der Waals surface area contributed by atoms with Crippen LogP contribution >= 0.6 is 0 Å². The van der Waals surface area contributed by atoms with E-state index in [9.17, 15) is 9.90 Å². The van der Waals surface area contributed by atoms with Crippen LogP contribution in [0.1, 0.15) is 12.8 Å². The van der Waals surface area contributed by atoms with Gasteiger partial charge in [-0.05, 0) is 50.2 Å². The molecular weight excluding hydrogens is 344 g/mol. The first-order chi connectivity index (χ1) is 13.1. The number of aromatic nitrogens is 3. The third-order valence-electron chi connectivity index (χ3n) is 5.08. The van der Waals surface area contributed by atoms with E-state index in [4.69, 9.17) is 4.74 Å². The van der Waals surface area contributed by atoms with Gasteiger partial charge in [-0.15, -0.1) is 0 Å². The van der Waals surface area contributed by atoms with Crippen LogP contribution in [0.5, 0.6) is 5.75 Å². The number of nitrogens with zero attached hydrogens (tertiary/aromatic N) is 3. The number of imidazole rings is 1. The highest BCUT2D eigenvalue weighted by molar-refractivity contribution is 5.83. The molecule has 142 valence electrons. The Morgan fingerprint density at radius 1 is 1.26 bits per heavy atom. The van der Waals surface area contributed by atoms with Gasteiger partial charge in [-0.25, -0.2) is 4.98 Å². The first-order valence-electron chi connectivity index (χ1n) is 9.27. The van der Waals surface area contributed by atoms with Crippen LogP contribution in [0.15, 0.2) is 41.5 Å². The van der Waals surface area contributed by atoms with Gasteiger partial charge in [0.1, 0.15) is 11.6 Å². The normalized spacial score (nSPS) is 16.1. The molecule has 0 radical (unpaired) electrons. The highest BCUT2D eigenvalue weighted by Gasteiger charge is 2.18. The second-order valence-corrected chi connectivity index (χ2v) is 7.03. The maximum Gasteiger partial charge on any atom is 0.259 e. The van der Waals surface area contributed by atoms with Gasteiger partial charge in [0.15, 0.2) is 0 Å². The van der Waals surface area contributed by atoms with E-state index in [0.717, 1.165) is 29.7 Å². The van der Waals surface area contributed by atoms with E-state index in [0.29, 0.717) is 24.5 Å². The number of rotatable bonds is 6. The minimum Gasteiger partial charge on any atom is -0.497 e. The zero-order valence-electron chi connectivity index (χ0n) is 15.4. The Morgan fingerprint density at radius 2 is 2.07 bits per heavy atom. The molecule has 0 aliphatic carbocycles. The molecule has 2 aromatic heterocycles. The van der Waals surface area contributed by atoms with Crippen LogP contribution in [-0.2, 0) is 6.54 Å². The SMILES string of the molecule is COc1ccc2[nH]c(=O)c(-c3nccn3CC(O)CN3CCCC3)cc2c1. The predicted octanol–water partition coefficient (Wildman–Crippen LogP) is 1.86. The van der Waals surface area contributed by atoms with Crippen LogP contribution in [-0.4, -0.2) is 57.4 Å². The van der Waals surface area contributed by atoms with Crippen LogP contribution in [0.2, 0.25) is 0 Å². The standard InChI is InChI=1S/C20H24N4O3/c1-27-16-4-5-18-14(10-16)11-17(20(26)22-18)19-21-6-9-24(19)13-15(25)12-23-7-2-3-8-23/h4-6,9-11,15,25H,2-3,7-8,12-13H2,1H3,(H,22,26). The molecule has 0 amide bonds. The lowest BCUT2D eigenvalue weighted by molar-refractivity contribution is 0.109. The van der Waals surface area contributed by atoms with Crippen LogP contribution < -0.4 is 10.3 Å². The fourth-order valence-electron chi connectivity index (χ4n) is 3.73. The molecule has 7 nitrogen and oxygen atoms in total. The molecule has 0 bridgehead atoms. The Morgan fingerprint density at radius 3 is 2.85 bits per heavy atom. The van der Waals surface area contributed by atoms with E-state index in [-0.39, 0.29) is 5.56 Å². The molecule has 27 heavy (non-hydrogen) atoms. The van der Waals surface area contributed by atoms with E-state index in [1.807, 2.05) is 28.8 Å². The van der Waals surface area contributed by atoms with E-state index in [2.05, 4.69) is 14.9 Å². The Labute approximate surface area is 157 Å². The summed E-state index contributed by atoms with van der Waals surface area (Å²) in [6.07, 6.45) is 5.35. The average Bonchev–Trinajstić information content (AvgIpc) is 3.33. The summed E-state index contributed by atoms with van der Waals surface area (Å²) < 4.78 is 7.12. The minimum atomic E-state index is -0.504. The molecule has 1 aromatic carbocycles. The highest BCUT2D eigenvalue weighted by atomic mass is 16.5. The number of aliphatic hydroxyl groups excluding tert-OH is 1. The first kappa shape index (κ1) is 17.8. The molecule has 3 aromatic rings. The number of likely N-dealkylation sites (tertiary alicyclic amines) is 1. The molecule has 1 saturated heterocycles. The van der Waals surface area contributed by atoms with Gasteiger partial charge < -0.3 is 24.3 Å². The number of hydrogen-bond donors (Lipinski definition) is 2. The Kier molecular flexibility index (Phi) is 4.96. The fourth-order valence-corrected chi connectivity index (χ4v) is 3.73. The number of aromatic amines is 1. The summed E-state index contributed by atoms with van der Waals surface area (Å²) in [5.41, 5.74) is 1.03. The molecule has 0 saturated carbocycles.